The molecule has 0 atom stereocenters. The zero-order valence-corrected chi connectivity index (χ0v) is 12.7. The van der Waals surface area contributed by atoms with Gasteiger partial charge in [-0.05, 0) is 38.7 Å². The molecule has 0 fully saturated rings. The SMILES string of the molecule is C[Si](CCCCCC(N)N)O[Si](C)(C)C. The van der Waals surface area contributed by atoms with Crippen molar-refractivity contribution in [1.29, 1.82) is 0 Å². The van der Waals surface area contributed by atoms with Gasteiger partial charge in [-0.2, -0.15) is 0 Å². The Hall–Kier alpha value is 0.314. The van der Waals surface area contributed by atoms with Gasteiger partial charge in [0.1, 0.15) is 0 Å². The van der Waals surface area contributed by atoms with Crippen molar-refractivity contribution >= 4 is 17.4 Å². The molecule has 3 nitrogen and oxygen atoms in total. The second-order valence-corrected chi connectivity index (χ2v) is 12.1. The van der Waals surface area contributed by atoms with Crippen molar-refractivity contribution in [2.45, 2.75) is 64.1 Å². The number of hydrogen-bond donors (Lipinski definition) is 2. The Kier molecular flexibility index (Phi) is 7.72. The van der Waals surface area contributed by atoms with E-state index < -0.39 is 17.4 Å². The molecule has 5 heteroatoms. The Morgan fingerprint density at radius 3 is 2.20 bits per heavy atom. The summed E-state index contributed by atoms with van der Waals surface area (Å²) in [7, 11) is -1.85. The highest BCUT2D eigenvalue weighted by molar-refractivity contribution is 6.77. The van der Waals surface area contributed by atoms with Gasteiger partial charge in [0, 0.05) is 0 Å². The third kappa shape index (κ3) is 12.2. The van der Waals surface area contributed by atoms with E-state index in [1.165, 1.54) is 18.9 Å². The van der Waals surface area contributed by atoms with E-state index in [0.717, 1.165) is 12.8 Å². The molecule has 0 saturated heterocycles. The van der Waals surface area contributed by atoms with Crippen LogP contribution in [0.2, 0.25) is 32.2 Å². The van der Waals surface area contributed by atoms with Crippen LogP contribution in [0.1, 0.15) is 25.7 Å². The molecule has 0 bridgehead atoms. The Morgan fingerprint density at radius 2 is 1.73 bits per heavy atom. The van der Waals surface area contributed by atoms with E-state index in [4.69, 9.17) is 15.6 Å². The molecule has 91 valence electrons. The Balaban J connectivity index is 3.36. The largest absolute Gasteiger partial charge is 0.456 e. The molecule has 15 heavy (non-hydrogen) atoms. The highest BCUT2D eigenvalue weighted by atomic mass is 28.4. The quantitative estimate of drug-likeness (QED) is 0.393. The number of nitrogens with two attached hydrogens (primary N) is 2. The molecule has 0 amide bonds. The zero-order valence-electron chi connectivity index (χ0n) is 10.7. The summed E-state index contributed by atoms with van der Waals surface area (Å²) in [6.07, 6.45) is 4.47. The first kappa shape index (κ1) is 15.3. The number of unbranched alkanes of at least 4 members (excludes halogenated alkanes) is 2. The molecule has 0 aromatic rings. The lowest BCUT2D eigenvalue weighted by Crippen LogP contribution is -2.32. The summed E-state index contributed by atoms with van der Waals surface area (Å²) < 4.78 is 6.06. The summed E-state index contributed by atoms with van der Waals surface area (Å²) in [6, 6.07) is 1.26. The van der Waals surface area contributed by atoms with Crippen LogP contribution in [0.15, 0.2) is 0 Å². The van der Waals surface area contributed by atoms with E-state index in [0.29, 0.717) is 0 Å². The molecule has 0 aromatic heterocycles. The van der Waals surface area contributed by atoms with Crippen LogP contribution in [-0.2, 0) is 4.12 Å². The van der Waals surface area contributed by atoms with Crippen LogP contribution in [0.5, 0.6) is 0 Å². The zero-order chi connectivity index (χ0) is 11.9. The third-order valence-corrected chi connectivity index (χ3v) is 6.95. The summed E-state index contributed by atoms with van der Waals surface area (Å²) in [5, 5.41) is 0. The Labute approximate surface area is 97.4 Å². The van der Waals surface area contributed by atoms with Gasteiger partial charge in [-0.15, -0.1) is 0 Å². The molecule has 4 N–H and O–H groups in total. The van der Waals surface area contributed by atoms with Gasteiger partial charge in [-0.3, -0.25) is 0 Å². The van der Waals surface area contributed by atoms with Gasteiger partial charge in [-0.1, -0.05) is 19.3 Å². The minimum Gasteiger partial charge on any atom is -0.456 e. The lowest BCUT2D eigenvalue weighted by Gasteiger charge is -2.22. The molecule has 0 aromatic carbocycles. The standard InChI is InChI=1S/C10H27N2OSi2/c1-14(13-15(2,3)4)9-7-5-6-8-10(11)12/h10H,5-9,11-12H2,1-4H3. The molecule has 0 unspecified atom stereocenters. The first-order chi connectivity index (χ1) is 6.81. The molecule has 0 heterocycles. The first-order valence-electron chi connectivity index (χ1n) is 5.84. The van der Waals surface area contributed by atoms with E-state index >= 15 is 0 Å². The number of hydrogen-bond acceptors (Lipinski definition) is 3. The maximum absolute atomic E-state index is 6.06. The van der Waals surface area contributed by atoms with Crippen LogP contribution in [0.25, 0.3) is 0 Å². The van der Waals surface area contributed by atoms with E-state index in [1.807, 2.05) is 0 Å². The molecule has 1 radical (unpaired) electrons. The third-order valence-electron chi connectivity index (χ3n) is 2.05. The molecule has 0 aliphatic heterocycles. The van der Waals surface area contributed by atoms with Crippen molar-refractivity contribution < 1.29 is 4.12 Å². The average molecular weight is 248 g/mol. The minimum absolute atomic E-state index is 0.130. The fourth-order valence-corrected chi connectivity index (χ4v) is 6.84. The van der Waals surface area contributed by atoms with Crippen LogP contribution in [0, 0.1) is 0 Å². The summed E-state index contributed by atoms with van der Waals surface area (Å²) >= 11 is 0. The van der Waals surface area contributed by atoms with Crippen molar-refractivity contribution in [3.05, 3.63) is 0 Å². The molecule has 0 rings (SSSR count). The summed E-state index contributed by atoms with van der Waals surface area (Å²) in [6.45, 7) is 9.05. The maximum Gasteiger partial charge on any atom is 0.194 e. The molecular formula is C10H27N2OSi2. The molecule has 0 aliphatic rings. The fourth-order valence-electron chi connectivity index (χ4n) is 1.50. The van der Waals surface area contributed by atoms with Gasteiger partial charge in [-0.25, -0.2) is 0 Å². The molecular weight excluding hydrogens is 220 g/mol. The van der Waals surface area contributed by atoms with Crippen molar-refractivity contribution in [1.82, 2.24) is 0 Å². The van der Waals surface area contributed by atoms with Crippen molar-refractivity contribution in [2.24, 2.45) is 11.5 Å². The van der Waals surface area contributed by atoms with Crippen LogP contribution in [0.3, 0.4) is 0 Å². The van der Waals surface area contributed by atoms with Crippen LogP contribution in [-0.4, -0.2) is 23.5 Å². The highest BCUT2D eigenvalue weighted by Crippen LogP contribution is 2.12. The van der Waals surface area contributed by atoms with E-state index in [-0.39, 0.29) is 6.17 Å². The van der Waals surface area contributed by atoms with Crippen LogP contribution >= 0.6 is 0 Å². The fraction of sp³-hybridized carbons (Fsp3) is 1.00. The molecule has 0 spiro atoms. The van der Waals surface area contributed by atoms with E-state index in [9.17, 15) is 0 Å². The molecule has 0 aliphatic carbocycles. The average Bonchev–Trinajstić information content (AvgIpc) is 1.99. The summed E-state index contributed by atoms with van der Waals surface area (Å²) in [5.74, 6) is 0. The Morgan fingerprint density at radius 1 is 1.13 bits per heavy atom. The predicted octanol–water partition coefficient (Wildman–Crippen LogP) is 2.26. The summed E-state index contributed by atoms with van der Waals surface area (Å²) in [5.41, 5.74) is 11.0. The predicted molar refractivity (Wildman–Crippen MR) is 71.5 cm³/mol. The van der Waals surface area contributed by atoms with Gasteiger partial charge in [0.15, 0.2) is 17.4 Å². The van der Waals surface area contributed by atoms with Crippen LogP contribution in [0.4, 0.5) is 0 Å². The highest BCUT2D eigenvalue weighted by Gasteiger charge is 2.18. The maximum atomic E-state index is 6.06. The molecule has 0 saturated carbocycles. The topological polar surface area (TPSA) is 61.3 Å². The Bertz CT molecular complexity index is 160. The van der Waals surface area contributed by atoms with E-state index in [2.05, 4.69) is 26.2 Å². The van der Waals surface area contributed by atoms with Gasteiger partial charge >= 0.3 is 0 Å². The minimum atomic E-state index is -1.30. The van der Waals surface area contributed by atoms with Crippen LogP contribution < -0.4 is 11.5 Å². The van der Waals surface area contributed by atoms with Crippen molar-refractivity contribution in [2.75, 3.05) is 0 Å². The smallest absolute Gasteiger partial charge is 0.194 e. The van der Waals surface area contributed by atoms with Gasteiger partial charge in [0.2, 0.25) is 0 Å². The second-order valence-electron chi connectivity index (χ2n) is 5.18. The second kappa shape index (κ2) is 7.56. The summed E-state index contributed by atoms with van der Waals surface area (Å²) in [4.78, 5) is 0. The normalized spacial score (nSPS) is 12.8. The van der Waals surface area contributed by atoms with Crippen molar-refractivity contribution in [3.63, 3.8) is 0 Å². The monoisotopic (exact) mass is 247 g/mol. The lowest BCUT2D eigenvalue weighted by atomic mass is 10.2. The van der Waals surface area contributed by atoms with Gasteiger partial charge < -0.3 is 15.6 Å². The van der Waals surface area contributed by atoms with Crippen molar-refractivity contribution in [3.8, 4) is 0 Å². The van der Waals surface area contributed by atoms with Gasteiger partial charge in [0.05, 0.1) is 6.17 Å². The number of rotatable bonds is 8. The lowest BCUT2D eigenvalue weighted by molar-refractivity contribution is 0.549. The van der Waals surface area contributed by atoms with Gasteiger partial charge in [0.25, 0.3) is 0 Å². The first-order valence-corrected chi connectivity index (χ1v) is 11.4. The van der Waals surface area contributed by atoms with E-state index in [1.54, 1.807) is 0 Å².